The van der Waals surface area contributed by atoms with Gasteiger partial charge in [0.2, 0.25) is 0 Å². The van der Waals surface area contributed by atoms with Crippen LogP contribution in [0.2, 0.25) is 0 Å². The van der Waals surface area contributed by atoms with Gasteiger partial charge in [0.15, 0.2) is 32.8 Å². The lowest BCUT2D eigenvalue weighted by molar-refractivity contribution is 0.354. The highest BCUT2D eigenvalue weighted by molar-refractivity contribution is 7.89. The maximum Gasteiger partial charge on any atom is 0.161 e. The van der Waals surface area contributed by atoms with Crippen LogP contribution in [0.15, 0.2) is 24.3 Å². The van der Waals surface area contributed by atoms with Crippen molar-refractivity contribution in [3.05, 3.63) is 35.4 Å². The monoisotopic (exact) mass is 364 g/mol. The van der Waals surface area contributed by atoms with Crippen LogP contribution in [0, 0.1) is 0 Å². The zero-order valence-electron chi connectivity index (χ0n) is 14.6. The number of hydrogen-bond donors (Lipinski definition) is 0. The summed E-state index contributed by atoms with van der Waals surface area (Å²) in [5.74, 6) is 1.95. The summed E-state index contributed by atoms with van der Waals surface area (Å²) in [5, 5.41) is 0. The number of sulfone groups is 1. The molecule has 0 bridgehead atoms. The van der Waals surface area contributed by atoms with Crippen molar-refractivity contribution in [3.8, 4) is 34.1 Å². The number of methoxy groups -OCH3 is 4. The van der Waals surface area contributed by atoms with Crippen molar-refractivity contribution >= 4 is 9.84 Å². The SMILES string of the molecule is COc1cc2c(cc1OC)-c1cc(OC)c(OC)cc1CS(=O)(=O)C2. The predicted octanol–water partition coefficient (Wildman–Crippen LogP) is 2.82. The Balaban J connectivity index is 2.35. The predicted molar refractivity (Wildman–Crippen MR) is 94.4 cm³/mol. The van der Waals surface area contributed by atoms with Gasteiger partial charge in [-0.05, 0) is 46.5 Å². The Kier molecular flexibility index (Phi) is 4.51. The summed E-state index contributed by atoms with van der Waals surface area (Å²) in [6.45, 7) is 0. The highest BCUT2D eigenvalue weighted by Crippen LogP contribution is 2.44. The molecule has 25 heavy (non-hydrogen) atoms. The van der Waals surface area contributed by atoms with Crippen molar-refractivity contribution in [2.75, 3.05) is 28.4 Å². The summed E-state index contributed by atoms with van der Waals surface area (Å²) in [5.41, 5.74) is 2.91. The molecule has 2 aromatic rings. The number of hydrogen-bond acceptors (Lipinski definition) is 6. The first-order valence-electron chi connectivity index (χ1n) is 7.63. The molecule has 1 aliphatic heterocycles. The molecule has 2 aromatic carbocycles. The van der Waals surface area contributed by atoms with Crippen LogP contribution < -0.4 is 18.9 Å². The lowest BCUT2D eigenvalue weighted by atomic mass is 9.95. The second kappa shape index (κ2) is 6.48. The number of benzene rings is 2. The van der Waals surface area contributed by atoms with Crippen molar-refractivity contribution in [3.63, 3.8) is 0 Å². The van der Waals surface area contributed by atoms with Crippen LogP contribution in [-0.4, -0.2) is 36.9 Å². The van der Waals surface area contributed by atoms with Crippen molar-refractivity contribution in [2.24, 2.45) is 0 Å². The second-order valence-electron chi connectivity index (χ2n) is 5.76. The molecule has 0 radical (unpaired) electrons. The number of fused-ring (bicyclic) bond motifs is 3. The minimum Gasteiger partial charge on any atom is -0.493 e. The molecular formula is C18H20O6S. The molecule has 0 fully saturated rings. The normalized spacial score (nSPS) is 14.7. The van der Waals surface area contributed by atoms with Crippen LogP contribution in [0.5, 0.6) is 23.0 Å². The number of rotatable bonds is 4. The Morgan fingerprint density at radius 2 is 0.960 bits per heavy atom. The molecule has 0 saturated carbocycles. The summed E-state index contributed by atoms with van der Waals surface area (Å²) in [6, 6.07) is 7.05. The van der Waals surface area contributed by atoms with E-state index in [1.54, 1.807) is 38.5 Å². The highest BCUT2D eigenvalue weighted by atomic mass is 32.2. The number of ether oxygens (including phenoxy) is 4. The molecule has 1 heterocycles. The first kappa shape index (κ1) is 17.4. The van der Waals surface area contributed by atoms with Gasteiger partial charge in [-0.15, -0.1) is 0 Å². The molecule has 0 N–H and O–H groups in total. The van der Waals surface area contributed by atoms with E-state index >= 15 is 0 Å². The van der Waals surface area contributed by atoms with Crippen LogP contribution in [-0.2, 0) is 21.3 Å². The third-order valence-electron chi connectivity index (χ3n) is 4.26. The standard InChI is InChI=1S/C18H20O6S/c1-21-15-5-11-9-25(19,20)10-12-6-16(22-2)18(24-4)8-14(12)13(11)7-17(15)23-3/h5-8H,9-10H2,1-4H3. The molecule has 1 aliphatic rings. The smallest absolute Gasteiger partial charge is 0.161 e. The van der Waals surface area contributed by atoms with Crippen LogP contribution >= 0.6 is 0 Å². The lowest BCUT2D eigenvalue weighted by Gasteiger charge is -2.16. The zero-order chi connectivity index (χ0) is 18.2. The van der Waals surface area contributed by atoms with E-state index in [4.69, 9.17) is 18.9 Å². The van der Waals surface area contributed by atoms with E-state index in [1.165, 1.54) is 14.2 Å². The summed E-state index contributed by atoms with van der Waals surface area (Å²) < 4.78 is 46.5. The van der Waals surface area contributed by atoms with Crippen LogP contribution in [0.3, 0.4) is 0 Å². The zero-order valence-corrected chi connectivity index (χ0v) is 15.4. The third kappa shape index (κ3) is 3.11. The molecule has 0 aliphatic carbocycles. The lowest BCUT2D eigenvalue weighted by Crippen LogP contribution is -2.06. The van der Waals surface area contributed by atoms with E-state index in [0.29, 0.717) is 34.1 Å². The van der Waals surface area contributed by atoms with E-state index in [2.05, 4.69) is 0 Å². The van der Waals surface area contributed by atoms with E-state index in [-0.39, 0.29) is 11.5 Å². The van der Waals surface area contributed by atoms with Crippen molar-refractivity contribution in [1.82, 2.24) is 0 Å². The van der Waals surface area contributed by atoms with Crippen molar-refractivity contribution in [2.45, 2.75) is 11.5 Å². The van der Waals surface area contributed by atoms with Crippen LogP contribution in [0.4, 0.5) is 0 Å². The first-order chi connectivity index (χ1) is 11.9. The first-order valence-corrected chi connectivity index (χ1v) is 9.45. The van der Waals surface area contributed by atoms with Gasteiger partial charge in [0.05, 0.1) is 39.9 Å². The average molecular weight is 364 g/mol. The Hall–Kier alpha value is -2.41. The molecule has 3 rings (SSSR count). The molecule has 0 aromatic heterocycles. The van der Waals surface area contributed by atoms with Gasteiger partial charge < -0.3 is 18.9 Å². The molecule has 6 nitrogen and oxygen atoms in total. The van der Waals surface area contributed by atoms with Gasteiger partial charge in [0, 0.05) is 0 Å². The van der Waals surface area contributed by atoms with Crippen LogP contribution in [0.25, 0.3) is 11.1 Å². The van der Waals surface area contributed by atoms with Crippen molar-refractivity contribution < 1.29 is 27.4 Å². The van der Waals surface area contributed by atoms with E-state index in [9.17, 15) is 8.42 Å². The molecule has 0 unspecified atom stereocenters. The van der Waals surface area contributed by atoms with Gasteiger partial charge in [-0.1, -0.05) is 0 Å². The fraction of sp³-hybridized carbons (Fsp3) is 0.333. The molecule has 7 heteroatoms. The molecule has 0 amide bonds. The van der Waals surface area contributed by atoms with Gasteiger partial charge in [0.25, 0.3) is 0 Å². The quantitative estimate of drug-likeness (QED) is 0.831. The topological polar surface area (TPSA) is 71.1 Å². The van der Waals surface area contributed by atoms with Gasteiger partial charge in [-0.3, -0.25) is 0 Å². The van der Waals surface area contributed by atoms with Gasteiger partial charge >= 0.3 is 0 Å². The van der Waals surface area contributed by atoms with E-state index in [0.717, 1.165) is 11.1 Å². The fourth-order valence-corrected chi connectivity index (χ4v) is 4.63. The van der Waals surface area contributed by atoms with E-state index in [1.807, 2.05) is 0 Å². The summed E-state index contributed by atoms with van der Waals surface area (Å²) in [4.78, 5) is 0. The highest BCUT2D eigenvalue weighted by Gasteiger charge is 2.27. The minimum atomic E-state index is -3.33. The summed E-state index contributed by atoms with van der Waals surface area (Å²) in [7, 11) is 2.82. The Morgan fingerprint density at radius 3 is 1.28 bits per heavy atom. The molecular weight excluding hydrogens is 344 g/mol. The maximum atomic E-state index is 12.6. The second-order valence-corrected chi connectivity index (χ2v) is 7.83. The van der Waals surface area contributed by atoms with E-state index < -0.39 is 9.84 Å². The maximum absolute atomic E-state index is 12.6. The average Bonchev–Trinajstić information content (AvgIpc) is 2.70. The van der Waals surface area contributed by atoms with Gasteiger partial charge in [-0.2, -0.15) is 0 Å². The van der Waals surface area contributed by atoms with Crippen LogP contribution in [0.1, 0.15) is 11.1 Å². The Morgan fingerprint density at radius 1 is 0.640 bits per heavy atom. The summed E-state index contributed by atoms with van der Waals surface area (Å²) >= 11 is 0. The largest absolute Gasteiger partial charge is 0.493 e. The molecule has 0 spiro atoms. The molecule has 0 atom stereocenters. The van der Waals surface area contributed by atoms with Gasteiger partial charge in [0.1, 0.15) is 0 Å². The Labute approximate surface area is 147 Å². The van der Waals surface area contributed by atoms with Gasteiger partial charge in [-0.25, -0.2) is 8.42 Å². The molecule has 0 saturated heterocycles. The summed E-state index contributed by atoms with van der Waals surface area (Å²) in [6.07, 6.45) is 0. The third-order valence-corrected chi connectivity index (χ3v) is 5.76. The Bertz CT molecular complexity index is 848. The van der Waals surface area contributed by atoms with Crippen molar-refractivity contribution in [1.29, 1.82) is 0 Å². The minimum absolute atomic E-state index is 0.0675. The fourth-order valence-electron chi connectivity index (χ4n) is 3.11. The molecule has 134 valence electrons.